The number of hydrogen-bond donors (Lipinski definition) is 2. The fraction of sp³-hybridized carbons (Fsp3) is 0.595. The van der Waals surface area contributed by atoms with E-state index in [0.717, 1.165) is 51.4 Å². The topological polar surface area (TPSA) is 122 Å². The molecule has 2 aliphatic carbocycles. The summed E-state index contributed by atoms with van der Waals surface area (Å²) < 4.78 is 22.8. The third-order valence-electron chi connectivity index (χ3n) is 11.8. The lowest BCUT2D eigenvalue weighted by Crippen LogP contribution is -2.56. The lowest BCUT2D eigenvalue weighted by Gasteiger charge is -2.50. The molecular formula is C37H54N6O5S. The van der Waals surface area contributed by atoms with Crippen molar-refractivity contribution in [2.45, 2.75) is 80.4 Å². The number of rotatable bonds is 7. The SMILES string of the molecule is CC(=O)N1C(=O)NCC12CCC(c1ccccc1)(N(C)C)CC2.CN(C)C1(c2ccccc2)CCC2(CC1)CN(CCS(C)(=O)=O)C(=O)N2. The zero-order valence-electron chi connectivity index (χ0n) is 30.0. The lowest BCUT2D eigenvalue weighted by atomic mass is 9.68. The molecule has 0 radical (unpaired) electrons. The van der Waals surface area contributed by atoms with E-state index in [4.69, 9.17) is 0 Å². The number of nitrogens with one attached hydrogen (secondary N) is 2. The van der Waals surface area contributed by atoms with Crippen LogP contribution in [0.2, 0.25) is 0 Å². The van der Waals surface area contributed by atoms with E-state index in [1.165, 1.54) is 29.2 Å². The maximum absolute atomic E-state index is 12.3. The van der Waals surface area contributed by atoms with Crippen LogP contribution in [0.3, 0.4) is 0 Å². The van der Waals surface area contributed by atoms with E-state index in [1.807, 2.05) is 12.1 Å². The van der Waals surface area contributed by atoms with Crippen molar-refractivity contribution < 1.29 is 22.8 Å². The number of carbonyl (C=O) groups excluding carboxylic acids is 3. The first-order valence-corrected chi connectivity index (χ1v) is 19.4. The molecule has 2 saturated heterocycles. The molecular weight excluding hydrogens is 641 g/mol. The molecule has 2 saturated carbocycles. The van der Waals surface area contributed by atoms with Crippen molar-refractivity contribution in [1.82, 2.24) is 30.2 Å². The number of carbonyl (C=O) groups is 3. The Morgan fingerprint density at radius 2 is 1.22 bits per heavy atom. The van der Waals surface area contributed by atoms with Gasteiger partial charge in [-0.05, 0) is 90.7 Å². The normalized spacial score (nSPS) is 30.0. The van der Waals surface area contributed by atoms with Crippen molar-refractivity contribution in [3.05, 3.63) is 71.8 Å². The molecule has 6 rings (SSSR count). The first kappa shape index (κ1) is 36.8. The highest BCUT2D eigenvalue weighted by Gasteiger charge is 2.53. The summed E-state index contributed by atoms with van der Waals surface area (Å²) in [7, 11) is 5.41. The summed E-state index contributed by atoms with van der Waals surface area (Å²) in [5, 5.41) is 6.02. The second-order valence-corrected chi connectivity index (χ2v) is 17.3. The van der Waals surface area contributed by atoms with Crippen molar-refractivity contribution in [3.63, 3.8) is 0 Å². The van der Waals surface area contributed by atoms with Crippen LogP contribution in [-0.4, -0.2) is 117 Å². The Balaban J connectivity index is 0.000000192. The van der Waals surface area contributed by atoms with Crippen LogP contribution in [-0.2, 0) is 25.7 Å². The van der Waals surface area contributed by atoms with Crippen molar-refractivity contribution in [2.24, 2.45) is 0 Å². The molecule has 49 heavy (non-hydrogen) atoms. The van der Waals surface area contributed by atoms with E-state index in [2.05, 4.69) is 97.2 Å². The van der Waals surface area contributed by atoms with Gasteiger partial charge in [0, 0.05) is 43.9 Å². The maximum atomic E-state index is 12.3. The van der Waals surface area contributed by atoms with Gasteiger partial charge in [0.05, 0.1) is 16.8 Å². The summed E-state index contributed by atoms with van der Waals surface area (Å²) in [4.78, 5) is 44.0. The van der Waals surface area contributed by atoms with Crippen molar-refractivity contribution in [1.29, 1.82) is 0 Å². The Labute approximate surface area is 292 Å². The zero-order chi connectivity index (χ0) is 35.7. The largest absolute Gasteiger partial charge is 0.335 e. The average molecular weight is 695 g/mol. The Morgan fingerprint density at radius 1 is 0.755 bits per heavy atom. The molecule has 0 atom stereocenters. The van der Waals surface area contributed by atoms with Gasteiger partial charge in [0.1, 0.15) is 9.84 Å². The van der Waals surface area contributed by atoms with Crippen LogP contribution in [0.1, 0.15) is 69.4 Å². The quantitative estimate of drug-likeness (QED) is 0.447. The highest BCUT2D eigenvalue weighted by Crippen LogP contribution is 2.48. The van der Waals surface area contributed by atoms with Crippen molar-refractivity contribution in [3.8, 4) is 0 Å². The molecule has 2 aromatic carbocycles. The maximum Gasteiger partial charge on any atom is 0.324 e. The van der Waals surface area contributed by atoms with Gasteiger partial charge in [-0.1, -0.05) is 60.7 Å². The van der Waals surface area contributed by atoms with E-state index in [0.29, 0.717) is 13.1 Å². The van der Waals surface area contributed by atoms with Crippen LogP contribution >= 0.6 is 0 Å². The van der Waals surface area contributed by atoms with Crippen LogP contribution in [0.25, 0.3) is 0 Å². The number of amides is 5. The summed E-state index contributed by atoms with van der Waals surface area (Å²) >= 11 is 0. The van der Waals surface area contributed by atoms with Crippen molar-refractivity contribution >= 4 is 27.8 Å². The summed E-state index contributed by atoms with van der Waals surface area (Å²) in [6, 6.07) is 20.7. The van der Waals surface area contributed by atoms with Gasteiger partial charge in [-0.25, -0.2) is 18.0 Å². The van der Waals surface area contributed by atoms with Gasteiger partial charge in [0.25, 0.3) is 0 Å². The number of nitrogens with zero attached hydrogens (tertiary/aromatic N) is 4. The number of urea groups is 2. The molecule has 11 nitrogen and oxygen atoms in total. The predicted molar refractivity (Wildman–Crippen MR) is 192 cm³/mol. The predicted octanol–water partition coefficient (Wildman–Crippen LogP) is 4.15. The second kappa shape index (κ2) is 14.0. The first-order valence-electron chi connectivity index (χ1n) is 17.4. The Kier molecular flexibility index (Phi) is 10.5. The van der Waals surface area contributed by atoms with Gasteiger partial charge in [0.2, 0.25) is 5.91 Å². The fourth-order valence-electron chi connectivity index (χ4n) is 8.77. The summed E-state index contributed by atoms with van der Waals surface area (Å²) in [5.74, 6) is -0.139. The van der Waals surface area contributed by atoms with E-state index in [-0.39, 0.29) is 52.4 Å². The highest BCUT2D eigenvalue weighted by atomic mass is 32.2. The molecule has 0 unspecified atom stereocenters. The average Bonchev–Trinajstić information content (AvgIpc) is 3.56. The minimum absolute atomic E-state index is 0.0160. The minimum atomic E-state index is -3.07. The van der Waals surface area contributed by atoms with Crippen LogP contribution in [0, 0.1) is 0 Å². The van der Waals surface area contributed by atoms with Gasteiger partial charge in [-0.15, -0.1) is 0 Å². The monoisotopic (exact) mass is 694 g/mol. The molecule has 268 valence electrons. The molecule has 4 aliphatic rings. The molecule has 2 N–H and O–H groups in total. The molecule has 2 aromatic rings. The second-order valence-electron chi connectivity index (χ2n) is 15.1. The fourth-order valence-corrected chi connectivity index (χ4v) is 9.32. The number of sulfone groups is 1. The molecule has 2 aliphatic heterocycles. The molecule has 2 heterocycles. The standard InChI is InChI=1S/C19H29N3O3S.C18H25N3O2/c1-21(2)19(16-7-5-4-6-8-16)11-9-18(10-12-19)15-22(17(23)20-18)13-14-26(3,24)25;1-14(22)21-16(23)19-13-17(21)9-11-18(12-10-17,20(2)3)15-7-5-4-6-8-15/h4-8H,9-15H2,1-3H3,(H,20,23);4-8H,9-13H2,1-3H3,(H,19,23). The molecule has 12 heteroatoms. The Bertz CT molecular complexity index is 1600. The smallest absolute Gasteiger partial charge is 0.324 e. The molecule has 0 aromatic heterocycles. The molecule has 4 fully saturated rings. The Morgan fingerprint density at radius 3 is 1.65 bits per heavy atom. The Hall–Kier alpha value is -3.48. The van der Waals surface area contributed by atoms with E-state index in [1.54, 1.807) is 4.90 Å². The van der Waals surface area contributed by atoms with Crippen LogP contribution < -0.4 is 10.6 Å². The van der Waals surface area contributed by atoms with Crippen LogP contribution in [0.4, 0.5) is 9.59 Å². The van der Waals surface area contributed by atoms with Gasteiger partial charge >= 0.3 is 12.1 Å². The van der Waals surface area contributed by atoms with Gasteiger partial charge in [-0.2, -0.15) is 0 Å². The van der Waals surface area contributed by atoms with Crippen molar-refractivity contribution in [2.75, 3.05) is 59.8 Å². The minimum Gasteiger partial charge on any atom is -0.335 e. The van der Waals surface area contributed by atoms with E-state index in [9.17, 15) is 22.8 Å². The molecule has 5 amide bonds. The third-order valence-corrected chi connectivity index (χ3v) is 12.7. The number of hydrogen-bond acceptors (Lipinski definition) is 7. The molecule has 0 bridgehead atoms. The first-order chi connectivity index (χ1) is 23.1. The highest BCUT2D eigenvalue weighted by molar-refractivity contribution is 7.90. The summed E-state index contributed by atoms with van der Waals surface area (Å²) in [6.07, 6.45) is 8.45. The van der Waals surface area contributed by atoms with Crippen LogP contribution in [0.15, 0.2) is 60.7 Å². The summed E-state index contributed by atoms with van der Waals surface area (Å²) in [5.41, 5.74) is 2.00. The summed E-state index contributed by atoms with van der Waals surface area (Å²) in [6.45, 7) is 2.92. The van der Waals surface area contributed by atoms with Gasteiger partial charge in [-0.3, -0.25) is 19.5 Å². The zero-order valence-corrected chi connectivity index (χ0v) is 30.8. The number of imide groups is 1. The third kappa shape index (κ3) is 7.37. The van der Waals surface area contributed by atoms with Crippen LogP contribution in [0.5, 0.6) is 0 Å². The van der Waals surface area contributed by atoms with Gasteiger partial charge < -0.3 is 15.5 Å². The molecule has 2 spiro atoms. The van der Waals surface area contributed by atoms with E-state index >= 15 is 0 Å². The van der Waals surface area contributed by atoms with E-state index < -0.39 is 9.84 Å². The lowest BCUT2D eigenvalue weighted by molar-refractivity contribution is -0.131. The van der Waals surface area contributed by atoms with Gasteiger partial charge in [0.15, 0.2) is 0 Å². The number of benzene rings is 2.